The molecule has 2 N–H and O–H groups in total. The number of fused-ring (bicyclic) bond motifs is 3. The molecule has 5 rings (SSSR count). The number of H-pyrrole nitrogens is 1. The number of aryl methyl sites for hydroxylation is 1. The van der Waals surface area contributed by atoms with Crippen LogP contribution in [0.15, 0.2) is 54.0 Å². The highest BCUT2D eigenvalue weighted by molar-refractivity contribution is 6.56. The molecule has 1 fully saturated rings. The fourth-order valence-electron chi connectivity index (χ4n) is 4.76. The molecule has 0 radical (unpaired) electrons. The van der Waals surface area contributed by atoms with E-state index in [1.807, 2.05) is 76.2 Å². The number of amides is 1. The molecule has 1 aromatic heterocycles. The Balaban J connectivity index is 1.39. The molecule has 1 aliphatic carbocycles. The van der Waals surface area contributed by atoms with Gasteiger partial charge in [-0.3, -0.25) is 4.79 Å². The van der Waals surface area contributed by atoms with Gasteiger partial charge in [0, 0.05) is 23.9 Å². The zero-order valence-corrected chi connectivity index (χ0v) is 21.9. The third-order valence-electron chi connectivity index (χ3n) is 7.60. The maximum Gasteiger partial charge on any atom is 0.492 e. The quantitative estimate of drug-likeness (QED) is 0.429. The van der Waals surface area contributed by atoms with Crippen molar-refractivity contribution in [1.82, 2.24) is 10.3 Å². The first-order chi connectivity index (χ1) is 17.6. The molecule has 0 spiro atoms. The third kappa shape index (κ3) is 5.22. The highest BCUT2D eigenvalue weighted by Gasteiger charge is 2.52. The fourth-order valence-corrected chi connectivity index (χ4v) is 4.76. The van der Waals surface area contributed by atoms with Crippen molar-refractivity contribution in [2.45, 2.75) is 64.8 Å². The first-order valence-corrected chi connectivity index (χ1v) is 12.8. The molecule has 1 saturated heterocycles. The minimum atomic E-state index is -0.628. The Morgan fingerprint density at radius 2 is 1.81 bits per heavy atom. The van der Waals surface area contributed by atoms with E-state index in [0.717, 1.165) is 51.6 Å². The van der Waals surface area contributed by atoms with Crippen LogP contribution in [-0.4, -0.2) is 41.7 Å². The average Bonchev–Trinajstić information content (AvgIpc) is 3.34. The SMILES string of the molecule is CC1(C)OB(C(=Cc2ccc3[nH]c4c(c3c2)CCCC4=O)CNC(=O)OCc2ccccc2)OC1(C)C. The smallest absolute Gasteiger partial charge is 0.445 e. The molecule has 1 aliphatic heterocycles. The van der Waals surface area contributed by atoms with Gasteiger partial charge < -0.3 is 24.3 Å². The van der Waals surface area contributed by atoms with E-state index >= 15 is 0 Å². The van der Waals surface area contributed by atoms with Gasteiger partial charge in [0.25, 0.3) is 0 Å². The molecule has 0 atom stereocenters. The first kappa shape index (κ1) is 25.3. The van der Waals surface area contributed by atoms with Gasteiger partial charge in [-0.05, 0) is 74.8 Å². The topological polar surface area (TPSA) is 89.7 Å². The number of carbonyl (C=O) groups excluding carboxylic acids is 2. The van der Waals surface area contributed by atoms with E-state index in [4.69, 9.17) is 14.0 Å². The predicted molar refractivity (Wildman–Crippen MR) is 144 cm³/mol. The number of aromatic amines is 1. The van der Waals surface area contributed by atoms with E-state index < -0.39 is 24.4 Å². The Bertz CT molecular complexity index is 1340. The summed E-state index contributed by atoms with van der Waals surface area (Å²) in [7, 11) is -0.628. The number of Topliss-reactive ketones (excluding diaryl/α,β-unsaturated/α-hetero) is 1. The van der Waals surface area contributed by atoms with E-state index in [9.17, 15) is 9.59 Å². The van der Waals surface area contributed by atoms with E-state index in [1.54, 1.807) is 0 Å². The van der Waals surface area contributed by atoms with Gasteiger partial charge in [-0.2, -0.15) is 0 Å². The monoisotopic (exact) mass is 500 g/mol. The van der Waals surface area contributed by atoms with E-state index in [1.165, 1.54) is 0 Å². The van der Waals surface area contributed by atoms with Crippen molar-refractivity contribution in [2.75, 3.05) is 6.54 Å². The average molecular weight is 500 g/mol. The predicted octanol–water partition coefficient (Wildman–Crippen LogP) is 5.63. The van der Waals surface area contributed by atoms with E-state index in [-0.39, 0.29) is 18.9 Å². The van der Waals surface area contributed by atoms with Crippen LogP contribution >= 0.6 is 0 Å². The largest absolute Gasteiger partial charge is 0.492 e. The molecule has 7 nitrogen and oxygen atoms in total. The molecule has 0 bridgehead atoms. The Morgan fingerprint density at radius 1 is 1.08 bits per heavy atom. The van der Waals surface area contributed by atoms with Crippen LogP contribution in [0.1, 0.15) is 67.7 Å². The van der Waals surface area contributed by atoms with Crippen LogP contribution < -0.4 is 5.32 Å². The van der Waals surface area contributed by atoms with Crippen molar-refractivity contribution in [3.05, 3.63) is 76.4 Å². The fraction of sp³-hybridized carbons (Fsp3) is 0.379. The normalized spacial score (nSPS) is 18.6. The number of ether oxygens (including phenoxy) is 1. The van der Waals surface area contributed by atoms with Crippen molar-refractivity contribution in [3.63, 3.8) is 0 Å². The number of aromatic nitrogens is 1. The minimum Gasteiger partial charge on any atom is -0.445 e. The molecule has 2 heterocycles. The zero-order chi connectivity index (χ0) is 26.2. The molecule has 0 saturated carbocycles. The van der Waals surface area contributed by atoms with Gasteiger partial charge in [0.05, 0.1) is 16.9 Å². The lowest BCUT2D eigenvalue weighted by Crippen LogP contribution is -2.41. The number of hydrogen-bond acceptors (Lipinski definition) is 5. The number of nitrogens with one attached hydrogen (secondary N) is 2. The summed E-state index contributed by atoms with van der Waals surface area (Å²) < 4.78 is 18.0. The minimum absolute atomic E-state index is 0.172. The summed E-state index contributed by atoms with van der Waals surface area (Å²) in [4.78, 5) is 28.2. The van der Waals surface area contributed by atoms with Crippen LogP contribution in [0.2, 0.25) is 0 Å². The summed E-state index contributed by atoms with van der Waals surface area (Å²) in [5, 5.41) is 3.91. The third-order valence-corrected chi connectivity index (χ3v) is 7.60. The Kier molecular flexibility index (Phi) is 6.73. The number of carbonyl (C=O) groups is 2. The maximum absolute atomic E-state index is 12.5. The molecule has 8 heteroatoms. The van der Waals surface area contributed by atoms with Crippen LogP contribution in [0, 0.1) is 0 Å². The van der Waals surface area contributed by atoms with Crippen LogP contribution in [0.5, 0.6) is 0 Å². The summed E-state index contributed by atoms with van der Waals surface area (Å²) in [5.41, 5.74) is 4.37. The molecule has 1 amide bonds. The lowest BCUT2D eigenvalue weighted by atomic mass is 9.77. The maximum atomic E-state index is 12.5. The van der Waals surface area contributed by atoms with Crippen molar-refractivity contribution < 1.29 is 23.6 Å². The lowest BCUT2D eigenvalue weighted by Gasteiger charge is -2.32. The van der Waals surface area contributed by atoms with Crippen molar-refractivity contribution in [3.8, 4) is 0 Å². The second-order valence-corrected chi connectivity index (χ2v) is 10.8. The second-order valence-electron chi connectivity index (χ2n) is 10.8. The van der Waals surface area contributed by atoms with Crippen LogP contribution in [0.3, 0.4) is 0 Å². The highest BCUT2D eigenvalue weighted by Crippen LogP contribution is 2.39. The summed E-state index contributed by atoms with van der Waals surface area (Å²) in [6.07, 6.45) is 3.81. The Hall–Kier alpha value is -3.36. The van der Waals surface area contributed by atoms with Crippen molar-refractivity contribution in [2.24, 2.45) is 0 Å². The molecule has 0 unspecified atom stereocenters. The van der Waals surface area contributed by atoms with Crippen molar-refractivity contribution >= 4 is 36.0 Å². The summed E-state index contributed by atoms with van der Waals surface area (Å²) >= 11 is 0. The van der Waals surface area contributed by atoms with E-state index in [2.05, 4.69) is 16.4 Å². The molecule has 3 aromatic rings. The Labute approximate surface area is 217 Å². The molecular formula is C29H33BN2O5. The van der Waals surface area contributed by atoms with Gasteiger partial charge in [0.2, 0.25) is 0 Å². The Morgan fingerprint density at radius 3 is 2.54 bits per heavy atom. The van der Waals surface area contributed by atoms with Crippen LogP contribution in [-0.2, 0) is 27.1 Å². The number of alkyl carbamates (subject to hydrolysis) is 1. The van der Waals surface area contributed by atoms with Gasteiger partial charge >= 0.3 is 13.2 Å². The molecule has 2 aliphatic rings. The van der Waals surface area contributed by atoms with E-state index in [0.29, 0.717) is 6.42 Å². The first-order valence-electron chi connectivity index (χ1n) is 12.8. The van der Waals surface area contributed by atoms with Gasteiger partial charge in [0.1, 0.15) is 6.61 Å². The van der Waals surface area contributed by atoms with Gasteiger partial charge in [-0.25, -0.2) is 4.79 Å². The summed E-state index contributed by atoms with van der Waals surface area (Å²) in [5.74, 6) is 0.172. The van der Waals surface area contributed by atoms with Crippen LogP contribution in [0.4, 0.5) is 4.79 Å². The highest BCUT2D eigenvalue weighted by atomic mass is 16.7. The lowest BCUT2D eigenvalue weighted by molar-refractivity contribution is 0.00578. The number of ketones is 1. The van der Waals surface area contributed by atoms with Crippen LogP contribution in [0.25, 0.3) is 17.0 Å². The van der Waals surface area contributed by atoms with Gasteiger partial charge in [-0.1, -0.05) is 42.5 Å². The molecule has 192 valence electrons. The second kappa shape index (κ2) is 9.84. The number of hydrogen-bond donors (Lipinski definition) is 2. The molecule has 37 heavy (non-hydrogen) atoms. The molecule has 2 aromatic carbocycles. The number of benzene rings is 2. The van der Waals surface area contributed by atoms with Gasteiger partial charge in [0.15, 0.2) is 5.78 Å². The summed E-state index contributed by atoms with van der Waals surface area (Å²) in [6, 6.07) is 15.6. The van der Waals surface area contributed by atoms with Crippen molar-refractivity contribution in [1.29, 1.82) is 0 Å². The molecular weight excluding hydrogens is 467 g/mol. The zero-order valence-electron chi connectivity index (χ0n) is 21.9. The summed E-state index contributed by atoms with van der Waals surface area (Å²) in [6.45, 7) is 8.40. The van der Waals surface area contributed by atoms with Gasteiger partial charge in [-0.15, -0.1) is 0 Å². The standard InChI is InChI=1S/C29H33BN2O5/c1-28(2)29(3,4)37-30(36-28)21(17-31-27(34)35-18-19-9-6-5-7-10-19)15-20-13-14-24-23(16-20)22-11-8-12-25(33)26(22)32-24/h5-7,9-10,13-16,32H,8,11-12,17-18H2,1-4H3,(H,31,34). The number of rotatable bonds is 6.